The normalized spacial score (nSPS) is 8.06. The predicted molar refractivity (Wildman–Crippen MR) is 71.7 cm³/mol. The second-order valence-electron chi connectivity index (χ2n) is 2.99. The van der Waals surface area contributed by atoms with Gasteiger partial charge >= 0.3 is 0 Å². The molecule has 1 rings (SSSR count). The van der Waals surface area contributed by atoms with Crippen LogP contribution in [0.5, 0.6) is 0 Å². The number of hydrogen-bond donors (Lipinski definition) is 1. The van der Waals surface area contributed by atoms with E-state index < -0.39 is 0 Å². The molecule has 0 heterocycles. The van der Waals surface area contributed by atoms with Crippen molar-refractivity contribution in [2.45, 2.75) is 27.2 Å². The molecule has 0 saturated carbocycles. The van der Waals surface area contributed by atoms with Crippen LogP contribution in [0.3, 0.4) is 0 Å². The van der Waals surface area contributed by atoms with Crippen LogP contribution >= 0.6 is 0 Å². The molecule has 2 amide bonds. The Morgan fingerprint density at radius 3 is 2.17 bits per heavy atom. The number of amides is 2. The van der Waals surface area contributed by atoms with Crippen molar-refractivity contribution in [2.75, 3.05) is 11.9 Å². The zero-order valence-electron chi connectivity index (χ0n) is 11.3. The van der Waals surface area contributed by atoms with E-state index in [1.807, 2.05) is 13.8 Å². The maximum Gasteiger partial charge on any atom is 0.217 e. The minimum Gasteiger partial charge on any atom is -0.370 e. The number of nitrogens with zero attached hydrogens (tertiary/aromatic N) is 1. The Kier molecular flexibility index (Phi) is 11.9. The Morgan fingerprint density at radius 2 is 1.83 bits per heavy atom. The maximum atomic E-state index is 12.8. The summed E-state index contributed by atoms with van der Waals surface area (Å²) >= 11 is 0. The number of carbonyl (C=O) groups is 2. The first-order valence-corrected chi connectivity index (χ1v) is 5.73. The van der Waals surface area contributed by atoms with Crippen molar-refractivity contribution >= 4 is 18.0 Å². The van der Waals surface area contributed by atoms with Gasteiger partial charge in [0.15, 0.2) is 0 Å². The molecule has 0 saturated heterocycles. The van der Waals surface area contributed by atoms with Crippen LogP contribution in [0, 0.1) is 5.82 Å². The van der Waals surface area contributed by atoms with E-state index >= 15 is 0 Å². The van der Waals surface area contributed by atoms with Gasteiger partial charge in [0.25, 0.3) is 0 Å². The molecule has 2 N–H and O–H groups in total. The van der Waals surface area contributed by atoms with Gasteiger partial charge in [0.05, 0.1) is 5.69 Å². The molecular formula is C13H21FN2O2. The number of halogens is 1. The van der Waals surface area contributed by atoms with Gasteiger partial charge in [-0.2, -0.15) is 0 Å². The van der Waals surface area contributed by atoms with Gasteiger partial charge in [0.1, 0.15) is 5.82 Å². The van der Waals surface area contributed by atoms with Crippen molar-refractivity contribution in [3.05, 3.63) is 30.1 Å². The van der Waals surface area contributed by atoms with Gasteiger partial charge in [-0.3, -0.25) is 9.59 Å². The van der Waals surface area contributed by atoms with E-state index in [4.69, 9.17) is 0 Å². The number of rotatable bonds is 3. The molecule has 1 aromatic rings. The molecule has 0 spiro atoms. The Bertz CT molecular complexity index is 357. The molecule has 0 fully saturated rings. The van der Waals surface area contributed by atoms with Crippen LogP contribution in [0.15, 0.2) is 24.3 Å². The molecule has 0 radical (unpaired) electrons. The molecule has 1 aromatic carbocycles. The third kappa shape index (κ3) is 8.27. The number of nitrogens with two attached hydrogens (primary N) is 1. The van der Waals surface area contributed by atoms with E-state index in [2.05, 4.69) is 5.73 Å². The van der Waals surface area contributed by atoms with Crippen LogP contribution in [-0.4, -0.2) is 19.4 Å². The highest BCUT2D eigenvalue weighted by atomic mass is 19.1. The number of anilines is 1. The molecule has 4 nitrogen and oxygen atoms in total. The highest BCUT2D eigenvalue weighted by Crippen LogP contribution is 2.14. The van der Waals surface area contributed by atoms with Crippen LogP contribution in [0.4, 0.5) is 10.1 Å². The molecular weight excluding hydrogens is 235 g/mol. The molecule has 0 aliphatic carbocycles. The largest absolute Gasteiger partial charge is 0.370 e. The maximum absolute atomic E-state index is 12.8. The molecule has 0 aliphatic heterocycles. The van der Waals surface area contributed by atoms with Crippen LogP contribution in [0.25, 0.3) is 0 Å². The predicted octanol–water partition coefficient (Wildman–Crippen LogP) is 2.33. The molecule has 0 unspecified atom stereocenters. The third-order valence-electron chi connectivity index (χ3n) is 1.74. The summed E-state index contributed by atoms with van der Waals surface area (Å²) < 4.78 is 12.8. The fourth-order valence-electron chi connectivity index (χ4n) is 0.795. The van der Waals surface area contributed by atoms with Gasteiger partial charge < -0.3 is 10.6 Å². The summed E-state index contributed by atoms with van der Waals surface area (Å²) in [4.78, 5) is 21.0. The van der Waals surface area contributed by atoms with E-state index in [9.17, 15) is 14.0 Å². The fourth-order valence-corrected chi connectivity index (χ4v) is 0.795. The Morgan fingerprint density at radius 1 is 1.39 bits per heavy atom. The van der Waals surface area contributed by atoms with Crippen LogP contribution in [0.1, 0.15) is 27.2 Å². The summed E-state index contributed by atoms with van der Waals surface area (Å²) in [6, 6.07) is 6.12. The number of hydrogen-bond acceptors (Lipinski definition) is 2. The summed E-state index contributed by atoms with van der Waals surface area (Å²) in [5.41, 5.74) is 4.95. The first-order valence-electron chi connectivity index (χ1n) is 5.73. The van der Waals surface area contributed by atoms with Gasteiger partial charge in [0.2, 0.25) is 12.3 Å². The fraction of sp³-hybridized carbons (Fsp3) is 0.385. The van der Waals surface area contributed by atoms with Crippen molar-refractivity contribution in [1.82, 2.24) is 0 Å². The van der Waals surface area contributed by atoms with Crippen LogP contribution in [0.2, 0.25) is 0 Å². The zero-order chi connectivity index (χ0) is 14.6. The minimum atomic E-state index is -0.387. The number of carbonyl (C=O) groups excluding carboxylic acids is 2. The lowest BCUT2D eigenvalue weighted by Crippen LogP contribution is -2.14. The summed E-state index contributed by atoms with van der Waals surface area (Å²) in [6.07, 6.45) is 1.01. The first-order chi connectivity index (χ1) is 8.52. The number of benzene rings is 1. The van der Waals surface area contributed by atoms with Gasteiger partial charge in [0, 0.05) is 13.5 Å². The van der Waals surface area contributed by atoms with Crippen molar-refractivity contribution in [1.29, 1.82) is 0 Å². The molecule has 0 bridgehead atoms. The number of para-hydroxylation sites is 1. The zero-order valence-corrected chi connectivity index (χ0v) is 11.3. The van der Waals surface area contributed by atoms with Gasteiger partial charge in [-0.1, -0.05) is 32.9 Å². The first kappa shape index (κ1) is 18.5. The molecule has 0 aliphatic rings. The SMILES string of the molecule is CC.CCC(N)=O.CN(C=O)c1ccccc1F. The quantitative estimate of drug-likeness (QED) is 0.843. The second-order valence-corrected chi connectivity index (χ2v) is 2.99. The Labute approximate surface area is 108 Å². The van der Waals surface area contributed by atoms with Crippen molar-refractivity contribution < 1.29 is 14.0 Å². The monoisotopic (exact) mass is 256 g/mol. The van der Waals surface area contributed by atoms with Crippen molar-refractivity contribution in [3.8, 4) is 0 Å². The van der Waals surface area contributed by atoms with Crippen LogP contribution < -0.4 is 10.6 Å². The minimum absolute atomic E-state index is 0.245. The van der Waals surface area contributed by atoms with Gasteiger partial charge in [-0.25, -0.2) is 4.39 Å². The topological polar surface area (TPSA) is 63.4 Å². The summed E-state index contributed by atoms with van der Waals surface area (Å²) in [6.45, 7) is 5.72. The molecule has 0 atom stereocenters. The molecule has 102 valence electrons. The van der Waals surface area contributed by atoms with Gasteiger partial charge in [-0.05, 0) is 12.1 Å². The Hall–Kier alpha value is -1.91. The van der Waals surface area contributed by atoms with E-state index in [1.54, 1.807) is 25.1 Å². The van der Waals surface area contributed by atoms with E-state index in [1.165, 1.54) is 18.0 Å². The van der Waals surface area contributed by atoms with Gasteiger partial charge in [-0.15, -0.1) is 0 Å². The van der Waals surface area contributed by atoms with Crippen LogP contribution in [-0.2, 0) is 9.59 Å². The number of primary amides is 1. The van der Waals surface area contributed by atoms with Crippen molar-refractivity contribution in [2.24, 2.45) is 5.73 Å². The highest BCUT2D eigenvalue weighted by molar-refractivity contribution is 5.74. The lowest BCUT2D eigenvalue weighted by molar-refractivity contribution is -0.117. The second kappa shape index (κ2) is 11.6. The molecule has 0 aromatic heterocycles. The standard InChI is InChI=1S/C8H8FNO.C3H7NO.C2H6/c1-10(6-11)8-5-3-2-4-7(8)9;1-2-3(4)5;1-2/h2-6H,1H3;2H2,1H3,(H2,4,5);1-2H3. The summed E-state index contributed by atoms with van der Waals surface area (Å²) in [5.74, 6) is -0.632. The third-order valence-corrected chi connectivity index (χ3v) is 1.74. The average Bonchev–Trinajstić information content (AvgIpc) is 2.41. The average molecular weight is 256 g/mol. The van der Waals surface area contributed by atoms with Crippen molar-refractivity contribution in [3.63, 3.8) is 0 Å². The smallest absolute Gasteiger partial charge is 0.217 e. The molecule has 5 heteroatoms. The lowest BCUT2D eigenvalue weighted by atomic mass is 10.3. The summed E-state index contributed by atoms with van der Waals surface area (Å²) in [5, 5.41) is 0. The lowest BCUT2D eigenvalue weighted by Gasteiger charge is -2.10. The van der Waals surface area contributed by atoms with E-state index in [0.717, 1.165) is 0 Å². The summed E-state index contributed by atoms with van der Waals surface area (Å²) in [7, 11) is 1.51. The highest BCUT2D eigenvalue weighted by Gasteiger charge is 2.03. The Balaban J connectivity index is 0. The van der Waals surface area contributed by atoms with E-state index in [-0.39, 0.29) is 11.7 Å². The van der Waals surface area contributed by atoms with E-state index in [0.29, 0.717) is 18.5 Å². The molecule has 18 heavy (non-hydrogen) atoms.